The summed E-state index contributed by atoms with van der Waals surface area (Å²) in [5, 5.41) is 8.10. The van der Waals surface area contributed by atoms with E-state index in [0.29, 0.717) is 0 Å². The SMILES string of the molecule is COc1ccc(-n2c3ccccc3c3cc(-c4ccc5c(c4)C(C)(C)c4cc([Si](c6ccccc6)(c6ccccc6)c6ccccc6)ccc4-5)ccc32)cc1. The Bertz CT molecular complexity index is 2760. The molecule has 2 nitrogen and oxygen atoms in total. The molecule has 264 valence electrons. The number of nitrogens with zero attached hydrogens (tertiary/aromatic N) is 1. The zero-order chi connectivity index (χ0) is 37.1. The van der Waals surface area contributed by atoms with Crippen LogP contribution in [0.3, 0.4) is 0 Å². The third-order valence-corrected chi connectivity index (χ3v) is 16.8. The second-order valence-corrected chi connectivity index (χ2v) is 19.1. The largest absolute Gasteiger partial charge is 0.497 e. The van der Waals surface area contributed by atoms with Gasteiger partial charge >= 0.3 is 0 Å². The van der Waals surface area contributed by atoms with Crippen molar-refractivity contribution < 1.29 is 4.74 Å². The van der Waals surface area contributed by atoms with E-state index in [0.717, 1.165) is 11.4 Å². The van der Waals surface area contributed by atoms with Crippen LogP contribution in [0.25, 0.3) is 49.7 Å². The number of aromatic nitrogens is 1. The lowest BCUT2D eigenvalue weighted by Crippen LogP contribution is -2.74. The maximum atomic E-state index is 5.46. The molecule has 0 unspecified atom stereocenters. The maximum absolute atomic E-state index is 5.46. The number of benzene rings is 8. The molecule has 0 amide bonds. The Balaban J connectivity index is 1.11. The summed E-state index contributed by atoms with van der Waals surface area (Å²) in [6.45, 7) is 4.82. The van der Waals surface area contributed by atoms with Crippen molar-refractivity contribution >= 4 is 50.6 Å². The minimum absolute atomic E-state index is 0.185. The second-order valence-electron chi connectivity index (χ2n) is 15.3. The highest BCUT2D eigenvalue weighted by Gasteiger charge is 2.44. The number of hydrogen-bond donors (Lipinski definition) is 0. The first kappa shape index (κ1) is 33.2. The van der Waals surface area contributed by atoms with Crippen LogP contribution in [0.4, 0.5) is 0 Å². The van der Waals surface area contributed by atoms with Gasteiger partial charge in [-0.05, 0) is 103 Å². The van der Waals surface area contributed by atoms with Gasteiger partial charge in [0.2, 0.25) is 0 Å². The topological polar surface area (TPSA) is 14.2 Å². The summed E-state index contributed by atoms with van der Waals surface area (Å²) in [4.78, 5) is 0. The molecule has 0 atom stereocenters. The Morgan fingerprint density at radius 2 is 0.945 bits per heavy atom. The molecule has 9 aromatic rings. The number of rotatable bonds is 7. The van der Waals surface area contributed by atoms with Gasteiger partial charge in [0.05, 0.1) is 18.1 Å². The van der Waals surface area contributed by atoms with E-state index in [1.165, 1.54) is 75.9 Å². The first-order valence-electron chi connectivity index (χ1n) is 19.1. The van der Waals surface area contributed by atoms with Crippen molar-refractivity contribution in [1.82, 2.24) is 4.57 Å². The van der Waals surface area contributed by atoms with Gasteiger partial charge in [-0.15, -0.1) is 0 Å². The summed E-state index contributed by atoms with van der Waals surface area (Å²) in [5.41, 5.74) is 11.2. The van der Waals surface area contributed by atoms with Crippen LogP contribution in [-0.2, 0) is 5.41 Å². The van der Waals surface area contributed by atoms with E-state index in [2.05, 4.69) is 200 Å². The highest BCUT2D eigenvalue weighted by molar-refractivity contribution is 7.19. The average molecular weight is 724 g/mol. The summed E-state index contributed by atoms with van der Waals surface area (Å²) < 4.78 is 7.82. The quantitative estimate of drug-likeness (QED) is 0.118. The molecule has 0 radical (unpaired) electrons. The molecule has 55 heavy (non-hydrogen) atoms. The Morgan fingerprint density at radius 3 is 1.56 bits per heavy atom. The lowest BCUT2D eigenvalue weighted by atomic mass is 9.81. The molecule has 0 bridgehead atoms. The van der Waals surface area contributed by atoms with Crippen molar-refractivity contribution in [2.45, 2.75) is 19.3 Å². The number of fused-ring (bicyclic) bond motifs is 6. The predicted octanol–water partition coefficient (Wildman–Crippen LogP) is 10.1. The van der Waals surface area contributed by atoms with Gasteiger partial charge in [0, 0.05) is 21.9 Å². The molecule has 1 aromatic heterocycles. The van der Waals surface area contributed by atoms with Crippen LogP contribution in [0.15, 0.2) is 194 Å². The molecule has 10 rings (SSSR count). The molecule has 1 aliphatic carbocycles. The van der Waals surface area contributed by atoms with Gasteiger partial charge in [0.15, 0.2) is 8.07 Å². The number of ether oxygens (including phenoxy) is 1. The summed E-state index contributed by atoms with van der Waals surface area (Å²) in [6, 6.07) is 72.2. The molecular weight excluding hydrogens is 683 g/mol. The molecule has 8 aromatic carbocycles. The Kier molecular flexibility index (Phi) is 7.76. The molecule has 0 N–H and O–H groups in total. The highest BCUT2D eigenvalue weighted by Crippen LogP contribution is 2.49. The van der Waals surface area contributed by atoms with E-state index in [-0.39, 0.29) is 5.41 Å². The molecular formula is C52H41NOSi. The van der Waals surface area contributed by atoms with Gasteiger partial charge in [-0.1, -0.05) is 159 Å². The highest BCUT2D eigenvalue weighted by atomic mass is 28.3. The predicted molar refractivity (Wildman–Crippen MR) is 234 cm³/mol. The smallest absolute Gasteiger partial charge is 0.179 e. The van der Waals surface area contributed by atoms with Gasteiger partial charge in [-0.2, -0.15) is 0 Å². The number of para-hydroxylation sites is 1. The lowest BCUT2D eigenvalue weighted by molar-refractivity contribution is 0.415. The Morgan fingerprint density at radius 1 is 0.436 bits per heavy atom. The normalized spacial score (nSPS) is 13.1. The molecule has 1 heterocycles. The zero-order valence-corrected chi connectivity index (χ0v) is 32.3. The van der Waals surface area contributed by atoms with E-state index < -0.39 is 8.07 Å². The van der Waals surface area contributed by atoms with Gasteiger partial charge in [-0.3, -0.25) is 0 Å². The summed E-state index contributed by atoms with van der Waals surface area (Å²) >= 11 is 0. The summed E-state index contributed by atoms with van der Waals surface area (Å²) in [6.07, 6.45) is 0. The van der Waals surface area contributed by atoms with Crippen LogP contribution in [0.2, 0.25) is 0 Å². The third kappa shape index (κ3) is 5.07. The molecule has 1 aliphatic rings. The van der Waals surface area contributed by atoms with E-state index >= 15 is 0 Å². The van der Waals surface area contributed by atoms with Crippen molar-refractivity contribution in [3.05, 3.63) is 205 Å². The standard InChI is InChI=1S/C52H41NOSi/c1-52(2)48-34-37(36-24-32-51-47(33-36)46-21-13-14-22-50(46)53(51)38-25-27-39(54-3)28-26-38)23-30-44(48)45-31-29-43(35-49(45)52)55(40-15-7-4-8-16-40,41-17-9-5-10-18-41)42-19-11-6-12-20-42/h4-35H,1-3H3. The van der Waals surface area contributed by atoms with Crippen molar-refractivity contribution in [3.8, 4) is 33.7 Å². The van der Waals surface area contributed by atoms with Gasteiger partial charge in [0.25, 0.3) is 0 Å². The summed E-state index contributed by atoms with van der Waals surface area (Å²) in [5.74, 6) is 0.856. The van der Waals surface area contributed by atoms with E-state index in [9.17, 15) is 0 Å². The Labute approximate surface area is 324 Å². The van der Waals surface area contributed by atoms with Crippen LogP contribution in [-0.4, -0.2) is 19.8 Å². The maximum Gasteiger partial charge on any atom is 0.179 e. The van der Waals surface area contributed by atoms with E-state index in [4.69, 9.17) is 4.74 Å². The summed E-state index contributed by atoms with van der Waals surface area (Å²) in [7, 11) is -0.945. The fourth-order valence-corrected chi connectivity index (χ4v) is 14.1. The van der Waals surface area contributed by atoms with Crippen molar-refractivity contribution in [2.24, 2.45) is 0 Å². The Hall–Kier alpha value is -6.42. The van der Waals surface area contributed by atoms with E-state index in [1.807, 2.05) is 12.1 Å². The lowest BCUT2D eigenvalue weighted by Gasteiger charge is -2.35. The zero-order valence-electron chi connectivity index (χ0n) is 31.3. The van der Waals surface area contributed by atoms with Gasteiger partial charge < -0.3 is 9.30 Å². The molecule has 0 fully saturated rings. The fourth-order valence-electron chi connectivity index (χ4n) is 9.38. The van der Waals surface area contributed by atoms with Gasteiger partial charge in [-0.25, -0.2) is 0 Å². The van der Waals surface area contributed by atoms with Crippen LogP contribution in [0.5, 0.6) is 5.75 Å². The first-order chi connectivity index (χ1) is 27.0. The van der Waals surface area contributed by atoms with Crippen molar-refractivity contribution in [1.29, 1.82) is 0 Å². The molecule has 0 saturated carbocycles. The minimum Gasteiger partial charge on any atom is -0.497 e. The molecule has 0 aliphatic heterocycles. The van der Waals surface area contributed by atoms with Crippen molar-refractivity contribution in [2.75, 3.05) is 7.11 Å². The van der Waals surface area contributed by atoms with Crippen LogP contribution < -0.4 is 25.5 Å². The number of methoxy groups -OCH3 is 1. The molecule has 0 spiro atoms. The van der Waals surface area contributed by atoms with Crippen LogP contribution in [0.1, 0.15) is 25.0 Å². The monoisotopic (exact) mass is 723 g/mol. The fraction of sp³-hybridized carbons (Fsp3) is 0.0769. The van der Waals surface area contributed by atoms with Crippen LogP contribution >= 0.6 is 0 Å². The van der Waals surface area contributed by atoms with Crippen LogP contribution in [0, 0.1) is 0 Å². The second kappa shape index (κ2) is 12.9. The van der Waals surface area contributed by atoms with Crippen molar-refractivity contribution in [3.63, 3.8) is 0 Å². The minimum atomic E-state index is -2.66. The van der Waals surface area contributed by atoms with Gasteiger partial charge in [0.1, 0.15) is 5.75 Å². The third-order valence-electron chi connectivity index (χ3n) is 12.1. The molecule has 0 saturated heterocycles. The van der Waals surface area contributed by atoms with E-state index in [1.54, 1.807) is 7.11 Å². The molecule has 3 heteroatoms. The first-order valence-corrected chi connectivity index (χ1v) is 21.1. The number of hydrogen-bond acceptors (Lipinski definition) is 1. The average Bonchev–Trinajstić information content (AvgIpc) is 3.70.